The molecule has 1 fully saturated rings. The van der Waals surface area contributed by atoms with Gasteiger partial charge in [0.25, 0.3) is 0 Å². The van der Waals surface area contributed by atoms with Gasteiger partial charge in [-0.2, -0.15) is 0 Å². The van der Waals surface area contributed by atoms with E-state index in [1.54, 1.807) is 12.4 Å². The van der Waals surface area contributed by atoms with E-state index in [1.165, 1.54) is 0 Å². The number of aliphatic hydroxyl groups is 1. The minimum absolute atomic E-state index is 0.275. The largest absolute Gasteiger partial charge is 0.388 e. The summed E-state index contributed by atoms with van der Waals surface area (Å²) < 4.78 is 0. The van der Waals surface area contributed by atoms with Gasteiger partial charge < -0.3 is 5.11 Å². The molecule has 2 nitrogen and oxygen atoms in total. The summed E-state index contributed by atoms with van der Waals surface area (Å²) in [6, 6.07) is 3.77. The van der Waals surface area contributed by atoms with E-state index in [1.807, 2.05) is 12.1 Å². The Morgan fingerprint density at radius 1 is 1.50 bits per heavy atom. The van der Waals surface area contributed by atoms with Crippen LogP contribution in [-0.2, 0) is 0 Å². The number of hydrogen-bond acceptors (Lipinski definition) is 2. The molecule has 0 bridgehead atoms. The van der Waals surface area contributed by atoms with Gasteiger partial charge >= 0.3 is 0 Å². The number of pyridine rings is 1. The summed E-state index contributed by atoms with van der Waals surface area (Å²) in [4.78, 5) is 3.92. The van der Waals surface area contributed by atoms with Crippen LogP contribution in [0.1, 0.15) is 25.0 Å². The monoisotopic (exact) mass is 163 g/mol. The maximum absolute atomic E-state index is 9.80. The smallest absolute Gasteiger partial charge is 0.0821 e. The average molecular weight is 163 g/mol. The highest BCUT2D eigenvalue weighted by molar-refractivity contribution is 5.16. The van der Waals surface area contributed by atoms with Crippen LogP contribution in [0.5, 0.6) is 0 Å². The van der Waals surface area contributed by atoms with Crippen LogP contribution in [0.4, 0.5) is 0 Å². The number of aliphatic hydroxyl groups excluding tert-OH is 1. The molecule has 1 N–H and O–H groups in total. The summed E-state index contributed by atoms with van der Waals surface area (Å²) in [6.45, 7) is 2.18. The highest BCUT2D eigenvalue weighted by Gasteiger charge is 2.39. The molecule has 0 saturated heterocycles. The summed E-state index contributed by atoms with van der Waals surface area (Å²) in [7, 11) is 0. The molecule has 1 heterocycles. The van der Waals surface area contributed by atoms with Crippen LogP contribution in [0.15, 0.2) is 24.5 Å². The molecule has 1 aliphatic rings. The van der Waals surface area contributed by atoms with Crippen molar-refractivity contribution < 1.29 is 5.11 Å². The van der Waals surface area contributed by atoms with Crippen LogP contribution in [-0.4, -0.2) is 10.1 Å². The number of hydrogen-bond donors (Lipinski definition) is 1. The third kappa shape index (κ3) is 1.34. The number of nitrogens with zero attached hydrogens (tertiary/aromatic N) is 1. The lowest BCUT2D eigenvalue weighted by Gasteiger charge is -2.08. The van der Waals surface area contributed by atoms with Crippen molar-refractivity contribution in [3.05, 3.63) is 30.1 Å². The fourth-order valence-corrected chi connectivity index (χ4v) is 1.60. The lowest BCUT2D eigenvalue weighted by atomic mass is 10.1. The van der Waals surface area contributed by atoms with Gasteiger partial charge in [0, 0.05) is 12.4 Å². The van der Waals surface area contributed by atoms with Crippen molar-refractivity contribution in [2.75, 3.05) is 0 Å². The topological polar surface area (TPSA) is 33.1 Å². The minimum atomic E-state index is -0.275. The normalized spacial score (nSPS) is 29.8. The molecule has 1 aromatic heterocycles. The van der Waals surface area contributed by atoms with E-state index in [4.69, 9.17) is 0 Å². The van der Waals surface area contributed by atoms with Gasteiger partial charge in [0.15, 0.2) is 0 Å². The van der Waals surface area contributed by atoms with Crippen LogP contribution >= 0.6 is 0 Å². The van der Waals surface area contributed by atoms with Gasteiger partial charge in [-0.15, -0.1) is 0 Å². The SMILES string of the molecule is CC1CC1C(O)c1ccncc1. The van der Waals surface area contributed by atoms with Gasteiger partial charge in [-0.05, 0) is 36.0 Å². The Morgan fingerprint density at radius 2 is 2.08 bits per heavy atom. The van der Waals surface area contributed by atoms with E-state index in [2.05, 4.69) is 11.9 Å². The second-order valence-corrected chi connectivity index (χ2v) is 3.60. The molecule has 1 aromatic rings. The lowest BCUT2D eigenvalue weighted by molar-refractivity contribution is 0.148. The van der Waals surface area contributed by atoms with Crippen molar-refractivity contribution in [1.82, 2.24) is 4.98 Å². The van der Waals surface area contributed by atoms with Gasteiger partial charge in [0.05, 0.1) is 6.10 Å². The van der Waals surface area contributed by atoms with Crippen molar-refractivity contribution >= 4 is 0 Å². The number of rotatable bonds is 2. The van der Waals surface area contributed by atoms with Crippen LogP contribution in [0, 0.1) is 11.8 Å². The Morgan fingerprint density at radius 3 is 2.58 bits per heavy atom. The Hall–Kier alpha value is -0.890. The minimum Gasteiger partial charge on any atom is -0.388 e. The molecule has 0 radical (unpaired) electrons. The first-order valence-corrected chi connectivity index (χ1v) is 4.37. The Balaban J connectivity index is 2.10. The van der Waals surface area contributed by atoms with Gasteiger partial charge in [0.2, 0.25) is 0 Å². The molecule has 1 saturated carbocycles. The fourth-order valence-electron chi connectivity index (χ4n) is 1.60. The first-order valence-electron chi connectivity index (χ1n) is 4.37. The molecule has 1 aliphatic carbocycles. The summed E-state index contributed by atoms with van der Waals surface area (Å²) >= 11 is 0. The molecule has 0 aliphatic heterocycles. The third-order valence-corrected chi connectivity index (χ3v) is 2.62. The Kier molecular flexibility index (Phi) is 1.85. The van der Waals surface area contributed by atoms with E-state index in [0.717, 1.165) is 12.0 Å². The summed E-state index contributed by atoms with van der Waals surface area (Å²) in [5.41, 5.74) is 0.999. The molecular formula is C10H13NO. The van der Waals surface area contributed by atoms with E-state index in [-0.39, 0.29) is 6.10 Å². The second kappa shape index (κ2) is 2.87. The van der Waals surface area contributed by atoms with E-state index in [0.29, 0.717) is 11.8 Å². The summed E-state index contributed by atoms with van der Waals surface area (Å²) in [5, 5.41) is 9.80. The average Bonchev–Trinajstić information content (AvgIpc) is 2.83. The maximum Gasteiger partial charge on any atom is 0.0821 e. The zero-order valence-corrected chi connectivity index (χ0v) is 7.14. The predicted octanol–water partition coefficient (Wildman–Crippen LogP) is 1.77. The lowest BCUT2D eigenvalue weighted by Crippen LogP contribution is -2.00. The molecule has 0 aromatic carbocycles. The maximum atomic E-state index is 9.80. The van der Waals surface area contributed by atoms with Gasteiger partial charge in [-0.3, -0.25) is 4.98 Å². The van der Waals surface area contributed by atoms with E-state index in [9.17, 15) is 5.11 Å². The highest BCUT2D eigenvalue weighted by atomic mass is 16.3. The first-order chi connectivity index (χ1) is 5.79. The van der Waals surface area contributed by atoms with Crippen LogP contribution < -0.4 is 0 Å². The Bertz CT molecular complexity index is 260. The van der Waals surface area contributed by atoms with E-state index >= 15 is 0 Å². The zero-order valence-electron chi connectivity index (χ0n) is 7.14. The predicted molar refractivity (Wildman–Crippen MR) is 46.5 cm³/mol. The van der Waals surface area contributed by atoms with Crippen LogP contribution in [0.2, 0.25) is 0 Å². The molecule has 3 atom stereocenters. The molecule has 3 unspecified atom stereocenters. The quantitative estimate of drug-likeness (QED) is 0.720. The van der Waals surface area contributed by atoms with Gasteiger partial charge in [0.1, 0.15) is 0 Å². The molecule has 2 rings (SSSR count). The third-order valence-electron chi connectivity index (χ3n) is 2.62. The summed E-state index contributed by atoms with van der Waals surface area (Å²) in [5.74, 6) is 1.17. The van der Waals surface area contributed by atoms with E-state index < -0.39 is 0 Å². The van der Waals surface area contributed by atoms with Crippen molar-refractivity contribution in [3.8, 4) is 0 Å². The number of aromatic nitrogens is 1. The summed E-state index contributed by atoms with van der Waals surface area (Å²) in [6.07, 6.45) is 4.34. The van der Waals surface area contributed by atoms with Crippen molar-refractivity contribution in [2.24, 2.45) is 11.8 Å². The second-order valence-electron chi connectivity index (χ2n) is 3.60. The molecule has 0 amide bonds. The molecule has 64 valence electrons. The van der Waals surface area contributed by atoms with Crippen molar-refractivity contribution in [3.63, 3.8) is 0 Å². The van der Waals surface area contributed by atoms with Gasteiger partial charge in [-0.25, -0.2) is 0 Å². The molecule has 2 heteroatoms. The van der Waals surface area contributed by atoms with Crippen LogP contribution in [0.3, 0.4) is 0 Å². The molecule has 0 spiro atoms. The zero-order chi connectivity index (χ0) is 8.55. The Labute approximate surface area is 72.3 Å². The molecule has 12 heavy (non-hydrogen) atoms. The van der Waals surface area contributed by atoms with Crippen molar-refractivity contribution in [2.45, 2.75) is 19.4 Å². The fraction of sp³-hybridized carbons (Fsp3) is 0.500. The molecular weight excluding hydrogens is 150 g/mol. The first kappa shape index (κ1) is 7.74. The highest BCUT2D eigenvalue weighted by Crippen LogP contribution is 2.46. The van der Waals surface area contributed by atoms with Crippen LogP contribution in [0.25, 0.3) is 0 Å². The van der Waals surface area contributed by atoms with Gasteiger partial charge in [-0.1, -0.05) is 6.92 Å². The van der Waals surface area contributed by atoms with Crippen molar-refractivity contribution in [1.29, 1.82) is 0 Å². The standard InChI is InChI=1S/C10H13NO/c1-7-6-9(7)10(12)8-2-4-11-5-3-8/h2-5,7,9-10,12H,6H2,1H3.